The van der Waals surface area contributed by atoms with Gasteiger partial charge in [0, 0.05) is 12.5 Å². The maximum atomic E-state index is 12.3. The minimum atomic E-state index is -0.819. The van der Waals surface area contributed by atoms with Crippen molar-refractivity contribution in [2.45, 2.75) is 51.1 Å². The lowest BCUT2D eigenvalue weighted by molar-refractivity contribution is -0.137. The number of hydrogen-bond acceptors (Lipinski definition) is 5. The lowest BCUT2D eigenvalue weighted by atomic mass is 10.1. The summed E-state index contributed by atoms with van der Waals surface area (Å²) in [6.07, 6.45) is 3.14. The molecule has 1 aromatic heterocycles. The van der Waals surface area contributed by atoms with E-state index in [9.17, 15) is 9.59 Å². The summed E-state index contributed by atoms with van der Waals surface area (Å²) in [5, 5.41) is 12.2. The second-order valence-electron chi connectivity index (χ2n) is 4.90. The van der Waals surface area contributed by atoms with Gasteiger partial charge in [0.2, 0.25) is 0 Å². The number of aliphatic carboxylic acids is 1. The molecule has 21 heavy (non-hydrogen) atoms. The van der Waals surface area contributed by atoms with Crippen LogP contribution in [0.25, 0.3) is 0 Å². The Kier molecular flexibility index (Phi) is 6.61. The van der Waals surface area contributed by atoms with E-state index in [0.29, 0.717) is 34.9 Å². The monoisotopic (exact) mass is 311 g/mol. The van der Waals surface area contributed by atoms with Crippen molar-refractivity contribution in [1.29, 1.82) is 0 Å². The molecule has 0 fully saturated rings. The molecule has 7 heteroatoms. The van der Waals surface area contributed by atoms with Crippen molar-refractivity contribution >= 4 is 23.6 Å². The molecule has 6 nitrogen and oxygen atoms in total. The first-order valence-electron chi connectivity index (χ1n) is 6.77. The van der Waals surface area contributed by atoms with E-state index >= 15 is 0 Å². The van der Waals surface area contributed by atoms with E-state index in [1.165, 1.54) is 11.8 Å². The molecule has 0 radical (unpaired) electrons. The Hall–Kier alpha value is -1.63. The fraction of sp³-hybridized carbons (Fsp3) is 0.571. The number of carboxylic acids is 1. The van der Waals surface area contributed by atoms with E-state index in [-0.39, 0.29) is 18.4 Å². The van der Waals surface area contributed by atoms with Gasteiger partial charge in [-0.05, 0) is 39.9 Å². The third kappa shape index (κ3) is 5.34. The number of amides is 1. The largest absolute Gasteiger partial charge is 0.481 e. The van der Waals surface area contributed by atoms with Crippen molar-refractivity contribution in [3.8, 4) is 0 Å². The molecule has 116 valence electrons. The van der Waals surface area contributed by atoms with E-state index < -0.39 is 5.97 Å². The lowest BCUT2D eigenvalue weighted by Crippen LogP contribution is -2.33. The summed E-state index contributed by atoms with van der Waals surface area (Å²) in [5.74, 6) is -0.386. The molecule has 1 heterocycles. The molecule has 1 amide bonds. The Labute approximate surface area is 128 Å². The number of thioether (sulfide) groups is 1. The number of carboxylic acid groups (broad SMARTS) is 1. The summed E-state index contributed by atoms with van der Waals surface area (Å²) in [7, 11) is 0. The topological polar surface area (TPSA) is 92.2 Å². The van der Waals surface area contributed by atoms with Crippen LogP contribution >= 0.6 is 11.8 Å². The van der Waals surface area contributed by atoms with Crippen LogP contribution in [0.1, 0.15) is 48.1 Å². The van der Waals surface area contributed by atoms with Gasteiger partial charge in [-0.25, -0.2) is 9.97 Å². The van der Waals surface area contributed by atoms with Gasteiger partial charge in [0.1, 0.15) is 10.9 Å². The number of nitrogens with one attached hydrogen (secondary N) is 1. The third-order valence-electron chi connectivity index (χ3n) is 2.99. The highest BCUT2D eigenvalue weighted by molar-refractivity contribution is 7.98. The van der Waals surface area contributed by atoms with Crippen LogP contribution in [0.5, 0.6) is 0 Å². The molecule has 0 spiro atoms. The zero-order valence-corrected chi connectivity index (χ0v) is 13.6. The molecule has 0 saturated heterocycles. The highest BCUT2D eigenvalue weighted by atomic mass is 32.2. The first kappa shape index (κ1) is 17.4. The Morgan fingerprint density at radius 3 is 2.57 bits per heavy atom. The molecule has 0 saturated carbocycles. The minimum absolute atomic E-state index is 0.0905. The van der Waals surface area contributed by atoms with Crippen LogP contribution in [-0.2, 0) is 4.79 Å². The van der Waals surface area contributed by atoms with Gasteiger partial charge >= 0.3 is 5.97 Å². The summed E-state index contributed by atoms with van der Waals surface area (Å²) >= 11 is 1.41. The van der Waals surface area contributed by atoms with Crippen LogP contribution in [0.2, 0.25) is 0 Å². The Balaban J connectivity index is 2.73. The molecular formula is C14H21N3O3S. The highest BCUT2D eigenvalue weighted by Crippen LogP contribution is 2.20. The van der Waals surface area contributed by atoms with Crippen molar-refractivity contribution in [1.82, 2.24) is 15.3 Å². The fourth-order valence-electron chi connectivity index (χ4n) is 2.02. The zero-order valence-electron chi connectivity index (χ0n) is 12.8. The Morgan fingerprint density at radius 1 is 1.33 bits per heavy atom. The zero-order chi connectivity index (χ0) is 16.0. The maximum Gasteiger partial charge on any atom is 0.303 e. The van der Waals surface area contributed by atoms with Gasteiger partial charge < -0.3 is 10.4 Å². The van der Waals surface area contributed by atoms with Crippen LogP contribution in [0.15, 0.2) is 5.03 Å². The molecule has 0 aromatic carbocycles. The lowest BCUT2D eigenvalue weighted by Gasteiger charge is -2.16. The van der Waals surface area contributed by atoms with Crippen LogP contribution < -0.4 is 5.32 Å². The minimum Gasteiger partial charge on any atom is -0.481 e. The molecular weight excluding hydrogens is 290 g/mol. The molecule has 0 aliphatic rings. The van der Waals surface area contributed by atoms with Crippen molar-refractivity contribution < 1.29 is 14.7 Å². The molecule has 1 unspecified atom stereocenters. The van der Waals surface area contributed by atoms with E-state index in [4.69, 9.17) is 5.11 Å². The number of hydrogen-bond donors (Lipinski definition) is 2. The second kappa shape index (κ2) is 7.97. The van der Waals surface area contributed by atoms with Crippen LogP contribution in [0, 0.1) is 13.8 Å². The molecule has 0 aliphatic heterocycles. The molecule has 0 bridgehead atoms. The first-order valence-corrected chi connectivity index (χ1v) is 7.99. The second-order valence-corrected chi connectivity index (χ2v) is 5.70. The van der Waals surface area contributed by atoms with Crippen LogP contribution in [0.3, 0.4) is 0 Å². The average molecular weight is 311 g/mol. The van der Waals surface area contributed by atoms with Gasteiger partial charge in [0.05, 0.1) is 11.3 Å². The van der Waals surface area contributed by atoms with E-state index in [0.717, 1.165) is 0 Å². The summed E-state index contributed by atoms with van der Waals surface area (Å²) in [6.45, 7) is 5.45. The van der Waals surface area contributed by atoms with Gasteiger partial charge in [-0.2, -0.15) is 0 Å². The Bertz CT molecular complexity index is 534. The van der Waals surface area contributed by atoms with Crippen molar-refractivity contribution in [3.63, 3.8) is 0 Å². The van der Waals surface area contributed by atoms with Crippen molar-refractivity contribution in [2.75, 3.05) is 6.26 Å². The third-order valence-corrected chi connectivity index (χ3v) is 3.68. The molecule has 1 aromatic rings. The smallest absolute Gasteiger partial charge is 0.303 e. The first-order chi connectivity index (χ1) is 9.85. The summed E-state index contributed by atoms with van der Waals surface area (Å²) in [6, 6.07) is -0.0905. The van der Waals surface area contributed by atoms with E-state index in [2.05, 4.69) is 15.3 Å². The quantitative estimate of drug-likeness (QED) is 0.592. The van der Waals surface area contributed by atoms with Crippen molar-refractivity contribution in [3.05, 3.63) is 17.1 Å². The maximum absolute atomic E-state index is 12.3. The average Bonchev–Trinajstić information content (AvgIpc) is 2.36. The highest BCUT2D eigenvalue weighted by Gasteiger charge is 2.19. The number of carbonyl (C=O) groups is 2. The van der Waals surface area contributed by atoms with E-state index in [1.54, 1.807) is 13.8 Å². The standard InChI is InChI=1S/C14H21N3O3S/c1-8(6-5-7-11(18)19)15-13(20)12-9(2)16-10(3)17-14(12)21-4/h8H,5-7H2,1-4H3,(H,15,20)(H,18,19). The van der Waals surface area contributed by atoms with Gasteiger partial charge in [0.15, 0.2) is 0 Å². The number of rotatable bonds is 7. The molecule has 1 atom stereocenters. The summed E-state index contributed by atoms with van der Waals surface area (Å²) in [5.41, 5.74) is 1.15. The van der Waals surface area contributed by atoms with Crippen LogP contribution in [-0.4, -0.2) is 39.2 Å². The number of aryl methyl sites for hydroxylation is 2. The van der Waals surface area contributed by atoms with Gasteiger partial charge in [-0.1, -0.05) is 0 Å². The number of carbonyl (C=O) groups excluding carboxylic acids is 1. The predicted octanol–water partition coefficient (Wildman–Crippen LogP) is 2.19. The van der Waals surface area contributed by atoms with Crippen molar-refractivity contribution in [2.24, 2.45) is 0 Å². The molecule has 0 aliphatic carbocycles. The normalized spacial score (nSPS) is 12.0. The van der Waals surface area contributed by atoms with Gasteiger partial charge in [-0.15, -0.1) is 11.8 Å². The summed E-state index contributed by atoms with van der Waals surface area (Å²) in [4.78, 5) is 31.3. The van der Waals surface area contributed by atoms with E-state index in [1.807, 2.05) is 13.2 Å². The predicted molar refractivity (Wildman–Crippen MR) is 81.7 cm³/mol. The van der Waals surface area contributed by atoms with Crippen LogP contribution in [0.4, 0.5) is 0 Å². The molecule has 1 rings (SSSR count). The van der Waals surface area contributed by atoms with Gasteiger partial charge in [0.25, 0.3) is 5.91 Å². The fourth-order valence-corrected chi connectivity index (χ4v) is 2.69. The SMILES string of the molecule is CSc1nc(C)nc(C)c1C(=O)NC(C)CCCC(=O)O. The number of aromatic nitrogens is 2. The number of nitrogens with zero attached hydrogens (tertiary/aromatic N) is 2. The van der Waals surface area contributed by atoms with Gasteiger partial charge in [-0.3, -0.25) is 9.59 Å². The summed E-state index contributed by atoms with van der Waals surface area (Å²) < 4.78 is 0. The molecule has 2 N–H and O–H groups in total. The Morgan fingerprint density at radius 2 is 2.00 bits per heavy atom.